The first-order valence-corrected chi connectivity index (χ1v) is 6.67. The van der Waals surface area contributed by atoms with Crippen molar-refractivity contribution in [2.75, 3.05) is 17.7 Å². The minimum Gasteiger partial charge on any atom is -0.396 e. The van der Waals surface area contributed by atoms with Crippen LogP contribution < -0.4 is 10.6 Å². The van der Waals surface area contributed by atoms with Crippen LogP contribution in [0.25, 0.3) is 0 Å². The summed E-state index contributed by atoms with van der Waals surface area (Å²) in [4.78, 5) is 3.46. The number of hydrogen-bond acceptors (Lipinski definition) is 3. The highest BCUT2D eigenvalue weighted by Crippen LogP contribution is 2.34. The van der Waals surface area contributed by atoms with Crippen molar-refractivity contribution < 1.29 is 0 Å². The zero-order valence-corrected chi connectivity index (χ0v) is 11.4. The molecule has 0 fully saturated rings. The van der Waals surface area contributed by atoms with Crippen LogP contribution in [0.2, 0.25) is 5.02 Å². The zero-order valence-electron chi connectivity index (χ0n) is 9.85. The maximum absolute atomic E-state index is 6.04. The molecule has 0 aliphatic heterocycles. The number of nitrogens with zero attached hydrogens (tertiary/aromatic N) is 1. The Hall–Kier alpha value is -1.19. The number of para-hydroxylation sites is 1. The molecule has 4 heteroatoms. The number of nitrogens with two attached hydrogens (primary N) is 1. The fourth-order valence-corrected chi connectivity index (χ4v) is 2.76. The summed E-state index contributed by atoms with van der Waals surface area (Å²) in [5, 5.41) is 2.69. The molecule has 17 heavy (non-hydrogen) atoms. The molecular weight excluding hydrogens is 252 g/mol. The van der Waals surface area contributed by atoms with Crippen LogP contribution in [0.3, 0.4) is 0 Å². The van der Waals surface area contributed by atoms with E-state index in [2.05, 4.69) is 29.3 Å². The van der Waals surface area contributed by atoms with Crippen LogP contribution in [-0.4, -0.2) is 7.05 Å². The third-order valence-electron chi connectivity index (χ3n) is 2.95. The summed E-state index contributed by atoms with van der Waals surface area (Å²) in [7, 11) is 2.03. The van der Waals surface area contributed by atoms with Crippen molar-refractivity contribution in [2.45, 2.75) is 13.0 Å². The standard InChI is InChI=1S/C13H15ClN2S/c1-9(12-7-4-8-17-12)16(2)11-6-3-5-10(14)13(11)15/h3-9H,15H2,1-2H3. The summed E-state index contributed by atoms with van der Waals surface area (Å²) in [5.41, 5.74) is 7.61. The molecule has 0 saturated carbocycles. The Morgan fingerprint density at radius 2 is 2.06 bits per heavy atom. The van der Waals surface area contributed by atoms with Crippen LogP contribution in [0.4, 0.5) is 11.4 Å². The minimum absolute atomic E-state index is 0.288. The van der Waals surface area contributed by atoms with Crippen molar-refractivity contribution in [1.29, 1.82) is 0 Å². The highest BCUT2D eigenvalue weighted by Gasteiger charge is 2.16. The number of benzene rings is 1. The van der Waals surface area contributed by atoms with E-state index in [1.807, 2.05) is 25.2 Å². The second kappa shape index (κ2) is 4.98. The van der Waals surface area contributed by atoms with E-state index in [1.165, 1.54) is 4.88 Å². The molecule has 2 rings (SSSR count). The Morgan fingerprint density at radius 1 is 1.29 bits per heavy atom. The lowest BCUT2D eigenvalue weighted by Crippen LogP contribution is -2.21. The van der Waals surface area contributed by atoms with Crippen LogP contribution >= 0.6 is 22.9 Å². The first-order chi connectivity index (χ1) is 8.11. The van der Waals surface area contributed by atoms with Crippen LogP contribution in [0.5, 0.6) is 0 Å². The molecule has 90 valence electrons. The van der Waals surface area contributed by atoms with Crippen molar-refractivity contribution in [1.82, 2.24) is 0 Å². The third kappa shape index (κ3) is 2.40. The number of halogens is 1. The van der Waals surface area contributed by atoms with Gasteiger partial charge in [0.15, 0.2) is 0 Å². The van der Waals surface area contributed by atoms with Crippen molar-refractivity contribution in [2.24, 2.45) is 0 Å². The van der Waals surface area contributed by atoms with Crippen LogP contribution in [0.1, 0.15) is 17.8 Å². The average Bonchev–Trinajstić information content (AvgIpc) is 2.84. The summed E-state index contributed by atoms with van der Waals surface area (Å²) >= 11 is 7.79. The number of nitrogen functional groups attached to an aromatic ring is 1. The van der Waals surface area contributed by atoms with Crippen molar-refractivity contribution in [3.63, 3.8) is 0 Å². The minimum atomic E-state index is 0.288. The van der Waals surface area contributed by atoms with Gasteiger partial charge >= 0.3 is 0 Å². The molecular formula is C13H15ClN2S. The monoisotopic (exact) mass is 266 g/mol. The largest absolute Gasteiger partial charge is 0.396 e. The van der Waals surface area contributed by atoms with Gasteiger partial charge in [-0.25, -0.2) is 0 Å². The number of anilines is 2. The summed E-state index contributed by atoms with van der Waals surface area (Å²) in [5.74, 6) is 0. The maximum Gasteiger partial charge on any atom is 0.0741 e. The van der Waals surface area contributed by atoms with E-state index in [1.54, 1.807) is 11.3 Å². The summed E-state index contributed by atoms with van der Waals surface area (Å²) in [6, 6.07) is 10.2. The molecule has 1 unspecified atom stereocenters. The first kappa shape index (κ1) is 12.3. The Labute approximate surface area is 111 Å². The van der Waals surface area contributed by atoms with Gasteiger partial charge in [0.25, 0.3) is 0 Å². The predicted molar refractivity (Wildman–Crippen MR) is 77.0 cm³/mol. The third-order valence-corrected chi connectivity index (χ3v) is 4.32. The summed E-state index contributed by atoms with van der Waals surface area (Å²) < 4.78 is 0. The van der Waals surface area contributed by atoms with E-state index in [0.717, 1.165) is 5.69 Å². The highest BCUT2D eigenvalue weighted by molar-refractivity contribution is 7.10. The predicted octanol–water partition coefficient (Wildman–Crippen LogP) is 4.18. The van der Waals surface area contributed by atoms with Crippen LogP contribution in [-0.2, 0) is 0 Å². The summed E-state index contributed by atoms with van der Waals surface area (Å²) in [6.45, 7) is 2.16. The lowest BCUT2D eigenvalue weighted by Gasteiger charge is -2.27. The molecule has 2 N–H and O–H groups in total. The topological polar surface area (TPSA) is 29.3 Å². The van der Waals surface area contributed by atoms with Gasteiger partial charge in [-0.15, -0.1) is 11.3 Å². The van der Waals surface area contributed by atoms with Gasteiger partial charge in [-0.05, 0) is 30.5 Å². The number of hydrogen-bond donors (Lipinski definition) is 1. The molecule has 0 aliphatic rings. The highest BCUT2D eigenvalue weighted by atomic mass is 35.5. The van der Waals surface area contributed by atoms with E-state index < -0.39 is 0 Å². The average molecular weight is 267 g/mol. The van der Waals surface area contributed by atoms with Crippen molar-refractivity contribution in [3.05, 3.63) is 45.6 Å². The van der Waals surface area contributed by atoms with E-state index in [9.17, 15) is 0 Å². The van der Waals surface area contributed by atoms with Gasteiger partial charge in [-0.2, -0.15) is 0 Å². The Bertz CT molecular complexity index is 496. The molecule has 0 radical (unpaired) electrons. The number of rotatable bonds is 3. The molecule has 0 bridgehead atoms. The molecule has 2 nitrogen and oxygen atoms in total. The zero-order chi connectivity index (χ0) is 12.4. The molecule has 0 amide bonds. The second-order valence-electron chi connectivity index (χ2n) is 3.97. The fraction of sp³-hybridized carbons (Fsp3) is 0.231. The SMILES string of the molecule is CC(c1cccs1)N(C)c1cccc(Cl)c1N. The summed E-state index contributed by atoms with van der Waals surface area (Å²) in [6.07, 6.45) is 0. The van der Waals surface area contributed by atoms with Gasteiger partial charge in [0.2, 0.25) is 0 Å². The van der Waals surface area contributed by atoms with Gasteiger partial charge in [0.1, 0.15) is 0 Å². The Balaban J connectivity index is 2.31. The van der Waals surface area contributed by atoms with E-state index in [4.69, 9.17) is 17.3 Å². The smallest absolute Gasteiger partial charge is 0.0741 e. The van der Waals surface area contributed by atoms with Crippen molar-refractivity contribution >= 4 is 34.3 Å². The lowest BCUT2D eigenvalue weighted by atomic mass is 10.2. The van der Waals surface area contributed by atoms with E-state index in [0.29, 0.717) is 10.7 Å². The van der Waals surface area contributed by atoms with Crippen LogP contribution in [0.15, 0.2) is 35.7 Å². The van der Waals surface area contributed by atoms with Gasteiger partial charge < -0.3 is 10.6 Å². The van der Waals surface area contributed by atoms with Gasteiger partial charge in [-0.3, -0.25) is 0 Å². The van der Waals surface area contributed by atoms with Crippen molar-refractivity contribution in [3.8, 4) is 0 Å². The molecule has 1 aromatic heterocycles. The molecule has 1 heterocycles. The quantitative estimate of drug-likeness (QED) is 0.845. The molecule has 1 atom stereocenters. The van der Waals surface area contributed by atoms with Gasteiger partial charge in [0.05, 0.1) is 22.4 Å². The van der Waals surface area contributed by atoms with Gasteiger partial charge in [0, 0.05) is 11.9 Å². The van der Waals surface area contributed by atoms with Gasteiger partial charge in [-0.1, -0.05) is 23.7 Å². The molecule has 0 aliphatic carbocycles. The second-order valence-corrected chi connectivity index (χ2v) is 5.36. The maximum atomic E-state index is 6.04. The van der Waals surface area contributed by atoms with E-state index >= 15 is 0 Å². The fourth-order valence-electron chi connectivity index (χ4n) is 1.76. The lowest BCUT2D eigenvalue weighted by molar-refractivity contribution is 0.755. The normalized spacial score (nSPS) is 12.4. The van der Waals surface area contributed by atoms with E-state index in [-0.39, 0.29) is 6.04 Å². The Morgan fingerprint density at radius 3 is 2.71 bits per heavy atom. The molecule has 0 spiro atoms. The molecule has 2 aromatic rings. The number of thiophene rings is 1. The Kier molecular flexibility index (Phi) is 3.60. The molecule has 0 saturated heterocycles. The van der Waals surface area contributed by atoms with Crippen LogP contribution in [0, 0.1) is 0 Å². The molecule has 1 aromatic carbocycles. The first-order valence-electron chi connectivity index (χ1n) is 5.41.